The topological polar surface area (TPSA) is 54.9 Å². The Balaban J connectivity index is 1.74. The number of carbonyl (C=O) groups is 1. The summed E-state index contributed by atoms with van der Waals surface area (Å²) in [6.07, 6.45) is 5.64. The van der Waals surface area contributed by atoms with Crippen LogP contribution in [0.2, 0.25) is 0 Å². The average Bonchev–Trinajstić information content (AvgIpc) is 2.38. The second-order valence-electron chi connectivity index (χ2n) is 5.58. The highest BCUT2D eigenvalue weighted by Gasteiger charge is 2.35. The Morgan fingerprint density at radius 2 is 1.94 bits per heavy atom. The zero-order chi connectivity index (χ0) is 12.5. The van der Waals surface area contributed by atoms with E-state index < -0.39 is 0 Å². The van der Waals surface area contributed by atoms with Crippen molar-refractivity contribution in [1.29, 1.82) is 0 Å². The molecule has 0 aliphatic carbocycles. The molecule has 0 radical (unpaired) electrons. The van der Waals surface area contributed by atoms with Gasteiger partial charge in [0.15, 0.2) is 5.78 Å². The lowest BCUT2D eigenvalue weighted by Gasteiger charge is -2.39. The number of hydrogen-bond acceptors (Lipinski definition) is 4. The van der Waals surface area contributed by atoms with Crippen molar-refractivity contribution in [3.8, 4) is 0 Å². The Bertz CT molecular complexity index is 431. The lowest BCUT2D eigenvalue weighted by molar-refractivity contribution is 0.0819. The average molecular weight is 245 g/mol. The van der Waals surface area contributed by atoms with Crippen LogP contribution in [0.25, 0.3) is 0 Å². The fourth-order valence-electron chi connectivity index (χ4n) is 3.22. The molecule has 2 saturated heterocycles. The van der Waals surface area contributed by atoms with Gasteiger partial charge in [0.25, 0.3) is 0 Å². The molecule has 1 N–H and O–H groups in total. The zero-order valence-corrected chi connectivity index (χ0v) is 10.7. The summed E-state index contributed by atoms with van der Waals surface area (Å²) in [5, 5.41) is 11.6. The van der Waals surface area contributed by atoms with Gasteiger partial charge in [0.05, 0.1) is 5.69 Å². The van der Waals surface area contributed by atoms with Gasteiger partial charge in [-0.1, -0.05) is 6.42 Å². The second kappa shape index (κ2) is 4.76. The molecule has 2 atom stereocenters. The Morgan fingerprint density at radius 3 is 2.56 bits per heavy atom. The van der Waals surface area contributed by atoms with Crippen LogP contribution in [0.1, 0.15) is 48.3 Å². The molecule has 0 spiro atoms. The summed E-state index contributed by atoms with van der Waals surface area (Å²) < 4.78 is 0. The summed E-state index contributed by atoms with van der Waals surface area (Å²) >= 11 is 0. The monoisotopic (exact) mass is 245 g/mol. The van der Waals surface area contributed by atoms with Gasteiger partial charge in [0, 0.05) is 18.0 Å². The summed E-state index contributed by atoms with van der Waals surface area (Å²) in [4.78, 5) is 12.4. The van der Waals surface area contributed by atoms with Gasteiger partial charge in [0.1, 0.15) is 5.69 Å². The van der Waals surface area contributed by atoms with Crippen LogP contribution in [0, 0.1) is 12.8 Å². The van der Waals surface area contributed by atoms with Crippen molar-refractivity contribution >= 4 is 5.78 Å². The highest BCUT2D eigenvalue weighted by Crippen LogP contribution is 2.31. The second-order valence-corrected chi connectivity index (χ2v) is 5.58. The minimum Gasteiger partial charge on any atom is -0.311 e. The van der Waals surface area contributed by atoms with Crippen LogP contribution in [0.15, 0.2) is 12.1 Å². The van der Waals surface area contributed by atoms with Crippen LogP contribution < -0.4 is 5.32 Å². The zero-order valence-electron chi connectivity index (χ0n) is 10.7. The van der Waals surface area contributed by atoms with E-state index in [0.717, 1.165) is 18.5 Å². The molecule has 4 heteroatoms. The van der Waals surface area contributed by atoms with E-state index >= 15 is 0 Å². The smallest absolute Gasteiger partial charge is 0.186 e. The number of nitrogens with zero attached hydrogens (tertiary/aromatic N) is 2. The number of piperidine rings is 2. The van der Waals surface area contributed by atoms with Gasteiger partial charge >= 0.3 is 0 Å². The minimum atomic E-state index is 0.138. The van der Waals surface area contributed by atoms with Crippen LogP contribution in [0.4, 0.5) is 0 Å². The fourth-order valence-corrected chi connectivity index (χ4v) is 3.22. The van der Waals surface area contributed by atoms with Crippen molar-refractivity contribution in [1.82, 2.24) is 15.5 Å². The van der Waals surface area contributed by atoms with Crippen LogP contribution in [-0.4, -0.2) is 28.1 Å². The molecule has 96 valence electrons. The summed E-state index contributed by atoms with van der Waals surface area (Å²) in [6.45, 7) is 1.89. The van der Waals surface area contributed by atoms with Crippen LogP contribution >= 0.6 is 0 Å². The summed E-state index contributed by atoms with van der Waals surface area (Å²) in [5.41, 5.74) is 1.39. The number of aryl methyl sites for hydroxylation is 1. The van der Waals surface area contributed by atoms with Crippen LogP contribution in [-0.2, 0) is 0 Å². The van der Waals surface area contributed by atoms with E-state index in [-0.39, 0.29) is 11.7 Å². The largest absolute Gasteiger partial charge is 0.311 e. The maximum absolute atomic E-state index is 12.4. The molecule has 18 heavy (non-hydrogen) atoms. The first-order valence-corrected chi connectivity index (χ1v) is 6.83. The first-order chi connectivity index (χ1) is 8.72. The number of Topliss-reactive ketones (excluding diaryl/α,β-unsaturated/α-hetero) is 1. The molecule has 0 aromatic carbocycles. The van der Waals surface area contributed by atoms with Crippen molar-refractivity contribution in [3.63, 3.8) is 0 Å². The van der Waals surface area contributed by atoms with Crippen molar-refractivity contribution in [2.75, 3.05) is 0 Å². The third-order valence-electron chi connectivity index (χ3n) is 4.14. The van der Waals surface area contributed by atoms with Gasteiger partial charge in [-0.15, -0.1) is 5.10 Å². The lowest BCUT2D eigenvalue weighted by atomic mass is 9.78. The molecule has 3 heterocycles. The number of nitrogens with one attached hydrogen (secondary N) is 1. The van der Waals surface area contributed by atoms with Crippen LogP contribution in [0.5, 0.6) is 0 Å². The van der Waals surface area contributed by atoms with Gasteiger partial charge in [-0.3, -0.25) is 4.79 Å². The van der Waals surface area contributed by atoms with E-state index in [1.54, 1.807) is 0 Å². The number of ketones is 1. The van der Waals surface area contributed by atoms with E-state index in [9.17, 15) is 4.79 Å². The number of hydrogen-bond donors (Lipinski definition) is 1. The molecular weight excluding hydrogens is 226 g/mol. The number of aromatic nitrogens is 2. The molecule has 3 rings (SSSR count). The molecule has 1 aromatic rings. The third kappa shape index (κ3) is 2.29. The van der Waals surface area contributed by atoms with Gasteiger partial charge in [-0.05, 0) is 44.7 Å². The summed E-state index contributed by atoms with van der Waals surface area (Å²) in [5.74, 6) is 0.319. The SMILES string of the molecule is Cc1ccc(C(=O)C2CC3CCCC(C2)N3)nn1. The van der Waals surface area contributed by atoms with Gasteiger partial charge in [-0.25, -0.2) is 0 Å². The van der Waals surface area contributed by atoms with E-state index in [4.69, 9.17) is 0 Å². The third-order valence-corrected chi connectivity index (χ3v) is 4.14. The number of fused-ring (bicyclic) bond motifs is 2. The van der Waals surface area contributed by atoms with Crippen molar-refractivity contribution in [2.45, 2.75) is 51.1 Å². The fraction of sp³-hybridized carbons (Fsp3) is 0.643. The lowest BCUT2D eigenvalue weighted by Crippen LogP contribution is -2.50. The van der Waals surface area contributed by atoms with E-state index in [0.29, 0.717) is 17.8 Å². The molecule has 2 aliphatic heterocycles. The molecule has 2 fully saturated rings. The van der Waals surface area contributed by atoms with E-state index in [1.807, 2.05) is 19.1 Å². The van der Waals surface area contributed by atoms with Crippen molar-refractivity contribution in [3.05, 3.63) is 23.5 Å². The maximum atomic E-state index is 12.4. The van der Waals surface area contributed by atoms with E-state index in [1.165, 1.54) is 19.3 Å². The highest BCUT2D eigenvalue weighted by molar-refractivity contribution is 5.96. The maximum Gasteiger partial charge on any atom is 0.186 e. The molecule has 2 unspecified atom stereocenters. The van der Waals surface area contributed by atoms with Gasteiger partial charge < -0.3 is 5.32 Å². The predicted octanol–water partition coefficient (Wildman–Crippen LogP) is 1.89. The first kappa shape index (κ1) is 11.8. The molecular formula is C14H19N3O. The Labute approximate surface area is 107 Å². The Hall–Kier alpha value is -1.29. The quantitative estimate of drug-likeness (QED) is 0.808. The Morgan fingerprint density at radius 1 is 1.22 bits per heavy atom. The number of carbonyl (C=O) groups excluding carboxylic acids is 1. The molecule has 1 aromatic heterocycles. The number of rotatable bonds is 2. The first-order valence-electron chi connectivity index (χ1n) is 6.83. The Kier molecular flexibility index (Phi) is 3.12. The van der Waals surface area contributed by atoms with Crippen LogP contribution in [0.3, 0.4) is 0 Å². The molecule has 2 bridgehead atoms. The highest BCUT2D eigenvalue weighted by atomic mass is 16.1. The summed E-state index contributed by atoms with van der Waals surface area (Å²) in [6, 6.07) is 4.74. The molecule has 0 saturated carbocycles. The van der Waals surface area contributed by atoms with Gasteiger partial charge in [0.2, 0.25) is 0 Å². The molecule has 0 amide bonds. The normalized spacial score (nSPS) is 31.1. The minimum absolute atomic E-state index is 0.138. The standard InChI is InChI=1S/C14H19N3O/c1-9-5-6-13(17-16-9)14(18)10-7-11-3-2-4-12(8-10)15-11/h5-6,10-12,15H,2-4,7-8H2,1H3. The van der Waals surface area contributed by atoms with E-state index in [2.05, 4.69) is 15.5 Å². The van der Waals surface area contributed by atoms with Crippen molar-refractivity contribution in [2.24, 2.45) is 5.92 Å². The summed E-state index contributed by atoms with van der Waals surface area (Å²) in [7, 11) is 0. The van der Waals surface area contributed by atoms with Gasteiger partial charge in [-0.2, -0.15) is 5.10 Å². The van der Waals surface area contributed by atoms with Crippen molar-refractivity contribution < 1.29 is 4.79 Å². The molecule has 2 aliphatic rings. The molecule has 4 nitrogen and oxygen atoms in total. The predicted molar refractivity (Wildman–Crippen MR) is 68.4 cm³/mol.